The monoisotopic (exact) mass is 269 g/mol. The Morgan fingerprint density at radius 2 is 2.06 bits per heavy atom. The number of hydrogen-bond acceptors (Lipinski definition) is 2. The van der Waals surface area contributed by atoms with Crippen LogP contribution in [0, 0.1) is 5.92 Å². The van der Waals surface area contributed by atoms with Crippen molar-refractivity contribution in [1.29, 1.82) is 0 Å². The van der Waals surface area contributed by atoms with Crippen LogP contribution in [-0.4, -0.2) is 7.11 Å². The number of rotatable bonds is 7. The molecule has 0 aliphatic rings. The third-order valence-electron chi connectivity index (χ3n) is 3.52. The number of benzene rings is 1. The molecule has 0 spiro atoms. The average Bonchev–Trinajstić information content (AvgIpc) is 2.39. The molecule has 0 aliphatic heterocycles. The first-order valence-electron chi connectivity index (χ1n) is 6.73. The largest absolute Gasteiger partial charge is 0.495 e. The topological polar surface area (TPSA) is 35.2 Å². The fraction of sp³-hybridized carbons (Fsp3) is 0.600. The number of methoxy groups -OCH3 is 1. The van der Waals surface area contributed by atoms with E-state index in [9.17, 15) is 0 Å². The molecule has 1 aromatic carbocycles. The van der Waals surface area contributed by atoms with E-state index in [4.69, 9.17) is 22.1 Å². The van der Waals surface area contributed by atoms with E-state index in [1.165, 1.54) is 19.3 Å². The highest BCUT2D eigenvalue weighted by molar-refractivity contribution is 6.32. The molecule has 0 bridgehead atoms. The summed E-state index contributed by atoms with van der Waals surface area (Å²) >= 11 is 6.15. The first-order chi connectivity index (χ1) is 8.63. The normalized spacial score (nSPS) is 14.3. The highest BCUT2D eigenvalue weighted by Gasteiger charge is 2.18. The lowest BCUT2D eigenvalue weighted by Gasteiger charge is -2.23. The van der Waals surface area contributed by atoms with Gasteiger partial charge >= 0.3 is 0 Å². The molecular formula is C15H24ClNO. The van der Waals surface area contributed by atoms with Gasteiger partial charge in [0.1, 0.15) is 5.75 Å². The Kier molecular flexibility index (Phi) is 6.51. The van der Waals surface area contributed by atoms with E-state index >= 15 is 0 Å². The Morgan fingerprint density at radius 1 is 1.33 bits per heavy atom. The summed E-state index contributed by atoms with van der Waals surface area (Å²) in [4.78, 5) is 0. The maximum Gasteiger partial charge on any atom is 0.137 e. The molecule has 0 saturated heterocycles. The number of hydrogen-bond donors (Lipinski definition) is 1. The minimum atomic E-state index is 0.0601. The van der Waals surface area contributed by atoms with Gasteiger partial charge in [-0.25, -0.2) is 0 Å². The van der Waals surface area contributed by atoms with Gasteiger partial charge in [-0.1, -0.05) is 50.8 Å². The molecule has 2 unspecified atom stereocenters. The van der Waals surface area contributed by atoms with E-state index < -0.39 is 0 Å². The van der Waals surface area contributed by atoms with Crippen LogP contribution in [0.15, 0.2) is 18.2 Å². The van der Waals surface area contributed by atoms with Crippen molar-refractivity contribution >= 4 is 11.6 Å². The Bertz CT molecular complexity index is 368. The van der Waals surface area contributed by atoms with Gasteiger partial charge in [0.15, 0.2) is 0 Å². The maximum absolute atomic E-state index is 6.35. The zero-order chi connectivity index (χ0) is 13.5. The van der Waals surface area contributed by atoms with Gasteiger partial charge in [0.05, 0.1) is 12.1 Å². The van der Waals surface area contributed by atoms with E-state index in [1.54, 1.807) is 7.11 Å². The summed E-state index contributed by atoms with van der Waals surface area (Å²) in [5.41, 5.74) is 7.45. The molecule has 18 heavy (non-hydrogen) atoms. The van der Waals surface area contributed by atoms with Gasteiger partial charge in [0.2, 0.25) is 0 Å². The van der Waals surface area contributed by atoms with Crippen molar-refractivity contribution in [3.63, 3.8) is 0 Å². The Hall–Kier alpha value is -0.730. The summed E-state index contributed by atoms with van der Waals surface area (Å²) in [5.74, 6) is 1.23. The molecule has 2 nitrogen and oxygen atoms in total. The predicted octanol–water partition coefficient (Wildman–Crippen LogP) is 4.56. The van der Waals surface area contributed by atoms with Crippen molar-refractivity contribution in [2.45, 2.75) is 45.6 Å². The molecule has 3 heteroatoms. The fourth-order valence-electron chi connectivity index (χ4n) is 2.27. The summed E-state index contributed by atoms with van der Waals surface area (Å²) in [6.07, 6.45) is 4.73. The first-order valence-corrected chi connectivity index (χ1v) is 7.10. The summed E-state index contributed by atoms with van der Waals surface area (Å²) in [6.45, 7) is 4.41. The van der Waals surface area contributed by atoms with Crippen molar-refractivity contribution in [3.05, 3.63) is 28.8 Å². The van der Waals surface area contributed by atoms with Crippen molar-refractivity contribution in [1.82, 2.24) is 0 Å². The van der Waals surface area contributed by atoms with Crippen LogP contribution in [0.25, 0.3) is 0 Å². The minimum absolute atomic E-state index is 0.0601. The Morgan fingerprint density at radius 3 is 2.56 bits per heavy atom. The van der Waals surface area contributed by atoms with Gasteiger partial charge in [-0.05, 0) is 30.0 Å². The lowest BCUT2D eigenvalue weighted by molar-refractivity contribution is 0.377. The van der Waals surface area contributed by atoms with Gasteiger partial charge in [0, 0.05) is 6.04 Å². The molecule has 0 heterocycles. The van der Waals surface area contributed by atoms with E-state index in [0.717, 1.165) is 12.0 Å². The molecule has 1 aromatic rings. The maximum atomic E-state index is 6.35. The standard InChI is InChI=1S/C15H24ClNO/c1-4-6-7-11(5-2)15(17)12-8-9-14(18-3)13(16)10-12/h8-11,15H,4-7,17H2,1-3H3. The molecule has 1 rings (SSSR count). The summed E-state index contributed by atoms with van der Waals surface area (Å²) in [5, 5.41) is 0.635. The SMILES string of the molecule is CCCCC(CC)C(N)c1ccc(OC)c(Cl)c1. The number of nitrogens with two attached hydrogens (primary N) is 1. The molecule has 0 aliphatic carbocycles. The van der Waals surface area contributed by atoms with Gasteiger partial charge in [-0.2, -0.15) is 0 Å². The second-order valence-electron chi connectivity index (χ2n) is 4.73. The number of ether oxygens (including phenoxy) is 1. The molecule has 0 saturated carbocycles. The van der Waals surface area contributed by atoms with Crippen LogP contribution in [-0.2, 0) is 0 Å². The summed E-state index contributed by atoms with van der Waals surface area (Å²) < 4.78 is 5.16. The van der Waals surface area contributed by atoms with Crippen molar-refractivity contribution in [2.75, 3.05) is 7.11 Å². The average molecular weight is 270 g/mol. The van der Waals surface area contributed by atoms with E-state index in [2.05, 4.69) is 13.8 Å². The van der Waals surface area contributed by atoms with Gasteiger partial charge in [-0.3, -0.25) is 0 Å². The third kappa shape index (κ3) is 3.89. The van der Waals surface area contributed by atoms with E-state index in [-0.39, 0.29) is 6.04 Å². The van der Waals surface area contributed by atoms with Crippen molar-refractivity contribution in [2.24, 2.45) is 11.7 Å². The molecule has 0 amide bonds. The molecule has 0 aromatic heterocycles. The van der Waals surface area contributed by atoms with Gasteiger partial charge in [0.25, 0.3) is 0 Å². The van der Waals surface area contributed by atoms with E-state index in [1.807, 2.05) is 18.2 Å². The second kappa shape index (κ2) is 7.65. The van der Waals surface area contributed by atoms with Crippen LogP contribution in [0.4, 0.5) is 0 Å². The molecule has 102 valence electrons. The molecule has 2 atom stereocenters. The Labute approximate surface area is 115 Å². The Balaban J connectivity index is 2.81. The highest BCUT2D eigenvalue weighted by Crippen LogP contribution is 2.32. The second-order valence-corrected chi connectivity index (χ2v) is 5.14. The molecule has 0 radical (unpaired) electrons. The van der Waals surface area contributed by atoms with Crippen LogP contribution < -0.4 is 10.5 Å². The number of unbranched alkanes of at least 4 members (excludes halogenated alkanes) is 1. The smallest absolute Gasteiger partial charge is 0.137 e. The zero-order valence-electron chi connectivity index (χ0n) is 11.6. The minimum Gasteiger partial charge on any atom is -0.495 e. The van der Waals surface area contributed by atoms with Crippen molar-refractivity contribution < 1.29 is 4.74 Å². The van der Waals surface area contributed by atoms with Crippen LogP contribution in [0.3, 0.4) is 0 Å². The third-order valence-corrected chi connectivity index (χ3v) is 3.82. The van der Waals surface area contributed by atoms with Crippen LogP contribution >= 0.6 is 11.6 Å². The fourth-order valence-corrected chi connectivity index (χ4v) is 2.53. The lowest BCUT2D eigenvalue weighted by Crippen LogP contribution is -2.21. The predicted molar refractivity (Wildman–Crippen MR) is 78.2 cm³/mol. The first kappa shape index (κ1) is 15.3. The summed E-state index contributed by atoms with van der Waals surface area (Å²) in [7, 11) is 1.62. The lowest BCUT2D eigenvalue weighted by atomic mass is 9.87. The molecule has 0 fully saturated rings. The van der Waals surface area contributed by atoms with Gasteiger partial charge in [-0.15, -0.1) is 0 Å². The van der Waals surface area contributed by atoms with E-state index in [0.29, 0.717) is 16.7 Å². The van der Waals surface area contributed by atoms with Crippen LogP contribution in [0.1, 0.15) is 51.1 Å². The molecule has 2 N–H and O–H groups in total. The number of halogens is 1. The van der Waals surface area contributed by atoms with Crippen LogP contribution in [0.2, 0.25) is 5.02 Å². The quantitative estimate of drug-likeness (QED) is 0.787. The highest BCUT2D eigenvalue weighted by atomic mass is 35.5. The van der Waals surface area contributed by atoms with Crippen LogP contribution in [0.5, 0.6) is 5.75 Å². The molecular weight excluding hydrogens is 246 g/mol. The zero-order valence-corrected chi connectivity index (χ0v) is 12.3. The summed E-state index contributed by atoms with van der Waals surface area (Å²) in [6, 6.07) is 5.90. The van der Waals surface area contributed by atoms with Crippen molar-refractivity contribution in [3.8, 4) is 5.75 Å². The van der Waals surface area contributed by atoms with Gasteiger partial charge < -0.3 is 10.5 Å².